The van der Waals surface area contributed by atoms with Crippen LogP contribution in [0.15, 0.2) is 23.1 Å². The van der Waals surface area contributed by atoms with Crippen molar-refractivity contribution >= 4 is 29.3 Å². The van der Waals surface area contributed by atoms with Crippen LogP contribution in [0.4, 0.5) is 0 Å². The summed E-state index contributed by atoms with van der Waals surface area (Å²) in [5, 5.41) is 13.0. The number of carboxylic acid groups (broad SMARTS) is 1. The number of rotatable bonds is 5. The van der Waals surface area contributed by atoms with Crippen LogP contribution in [-0.4, -0.2) is 22.9 Å². The van der Waals surface area contributed by atoms with E-state index in [1.807, 2.05) is 30.8 Å². The van der Waals surface area contributed by atoms with Gasteiger partial charge in [0.1, 0.15) is 0 Å². The van der Waals surface area contributed by atoms with Gasteiger partial charge in [-0.3, -0.25) is 4.79 Å². The molecule has 2 unspecified atom stereocenters. The minimum absolute atomic E-state index is 0.191. The predicted molar refractivity (Wildman–Crippen MR) is 79.0 cm³/mol. The number of thioether (sulfide) groups is 1. The van der Waals surface area contributed by atoms with E-state index in [4.69, 9.17) is 16.7 Å². The molecule has 19 heavy (non-hydrogen) atoms. The van der Waals surface area contributed by atoms with Crippen LogP contribution in [0.25, 0.3) is 0 Å². The Kier molecular flexibility index (Phi) is 5.13. The van der Waals surface area contributed by atoms with Crippen LogP contribution in [0.5, 0.6) is 0 Å². The van der Waals surface area contributed by atoms with Gasteiger partial charge in [0.05, 0.1) is 0 Å². The second-order valence-electron chi connectivity index (χ2n) is 4.87. The summed E-state index contributed by atoms with van der Waals surface area (Å²) in [4.78, 5) is 11.9. The van der Waals surface area contributed by atoms with Gasteiger partial charge >= 0.3 is 5.97 Å². The highest BCUT2D eigenvalue weighted by Gasteiger charge is 2.22. The Hall–Kier alpha value is -0.710. The molecule has 0 bridgehead atoms. The molecule has 1 aliphatic heterocycles. The van der Waals surface area contributed by atoms with Crippen molar-refractivity contribution in [3.63, 3.8) is 0 Å². The zero-order valence-electron chi connectivity index (χ0n) is 10.9. The van der Waals surface area contributed by atoms with E-state index < -0.39 is 5.97 Å². The lowest BCUT2D eigenvalue weighted by Gasteiger charge is -2.29. The first-order valence-corrected chi connectivity index (χ1v) is 7.82. The van der Waals surface area contributed by atoms with E-state index >= 15 is 0 Å². The molecule has 1 heterocycles. The quantitative estimate of drug-likeness (QED) is 0.870. The molecule has 2 rings (SSSR count). The fraction of sp³-hybridized carbons (Fsp3) is 0.500. The van der Waals surface area contributed by atoms with Gasteiger partial charge in [-0.15, -0.1) is 11.8 Å². The Morgan fingerprint density at radius 3 is 3.16 bits per heavy atom. The van der Waals surface area contributed by atoms with E-state index in [1.54, 1.807) is 0 Å². The van der Waals surface area contributed by atoms with Crippen LogP contribution in [0, 0.1) is 0 Å². The molecule has 0 saturated carbocycles. The topological polar surface area (TPSA) is 49.3 Å². The van der Waals surface area contributed by atoms with Gasteiger partial charge in [-0.2, -0.15) is 0 Å². The van der Waals surface area contributed by atoms with E-state index in [9.17, 15) is 4.79 Å². The molecule has 0 spiro atoms. The van der Waals surface area contributed by atoms with E-state index in [2.05, 4.69) is 11.4 Å². The summed E-state index contributed by atoms with van der Waals surface area (Å²) in [5.41, 5.74) is 1.24. The van der Waals surface area contributed by atoms with Crippen molar-refractivity contribution in [3.05, 3.63) is 28.8 Å². The molecule has 0 fully saturated rings. The van der Waals surface area contributed by atoms with Crippen LogP contribution in [0.2, 0.25) is 5.02 Å². The molecule has 2 atom stereocenters. The van der Waals surface area contributed by atoms with Gasteiger partial charge in [0.15, 0.2) is 0 Å². The third-order valence-electron chi connectivity index (χ3n) is 3.29. The molecule has 0 radical (unpaired) electrons. The molecule has 1 aromatic carbocycles. The number of hydrogen-bond donors (Lipinski definition) is 2. The smallest absolute Gasteiger partial charge is 0.303 e. The normalized spacial score (nSPS) is 19.8. The van der Waals surface area contributed by atoms with Crippen molar-refractivity contribution in [2.45, 2.75) is 43.2 Å². The summed E-state index contributed by atoms with van der Waals surface area (Å²) < 4.78 is 0. The number of hydrogen-bond acceptors (Lipinski definition) is 3. The molecule has 0 amide bonds. The molecule has 0 saturated heterocycles. The second kappa shape index (κ2) is 6.64. The Balaban J connectivity index is 2.02. The SMILES string of the molecule is CC(CCC(=O)O)NC1CCSc2ccc(Cl)cc21. The summed E-state index contributed by atoms with van der Waals surface area (Å²) in [6.45, 7) is 2.04. The summed E-state index contributed by atoms with van der Waals surface area (Å²) in [6, 6.07) is 6.47. The Labute approximate surface area is 122 Å². The van der Waals surface area contributed by atoms with E-state index in [1.165, 1.54) is 10.5 Å². The molecule has 1 aromatic rings. The maximum atomic E-state index is 10.6. The number of nitrogens with one attached hydrogen (secondary N) is 1. The third-order valence-corrected chi connectivity index (χ3v) is 4.65. The molecule has 1 aliphatic rings. The lowest BCUT2D eigenvalue weighted by Crippen LogP contribution is -2.32. The highest BCUT2D eigenvalue weighted by Crippen LogP contribution is 2.37. The first-order chi connectivity index (χ1) is 9.06. The van der Waals surface area contributed by atoms with Crippen LogP contribution >= 0.6 is 23.4 Å². The largest absolute Gasteiger partial charge is 0.481 e. The Morgan fingerprint density at radius 2 is 2.42 bits per heavy atom. The van der Waals surface area contributed by atoms with Gasteiger partial charge in [0.25, 0.3) is 0 Å². The number of carbonyl (C=O) groups is 1. The van der Waals surface area contributed by atoms with Gasteiger partial charge in [-0.25, -0.2) is 0 Å². The number of fused-ring (bicyclic) bond motifs is 1. The molecule has 5 heteroatoms. The highest BCUT2D eigenvalue weighted by molar-refractivity contribution is 7.99. The number of carboxylic acids is 1. The van der Waals surface area contributed by atoms with Crippen molar-refractivity contribution in [1.82, 2.24) is 5.32 Å². The van der Waals surface area contributed by atoms with E-state index in [-0.39, 0.29) is 18.5 Å². The summed E-state index contributed by atoms with van der Waals surface area (Å²) in [7, 11) is 0. The van der Waals surface area contributed by atoms with Gasteiger partial charge in [-0.1, -0.05) is 11.6 Å². The second-order valence-corrected chi connectivity index (χ2v) is 6.45. The van der Waals surface area contributed by atoms with Crippen molar-refractivity contribution < 1.29 is 9.90 Å². The predicted octanol–water partition coefficient (Wildman–Crippen LogP) is 3.72. The molecular formula is C14H18ClNO2S. The van der Waals surface area contributed by atoms with Gasteiger partial charge in [0, 0.05) is 28.4 Å². The van der Waals surface area contributed by atoms with Crippen LogP contribution in [-0.2, 0) is 4.79 Å². The molecule has 3 nitrogen and oxygen atoms in total. The minimum atomic E-state index is -0.740. The maximum Gasteiger partial charge on any atom is 0.303 e. The van der Waals surface area contributed by atoms with Crippen molar-refractivity contribution in [3.8, 4) is 0 Å². The highest BCUT2D eigenvalue weighted by atomic mass is 35.5. The lowest BCUT2D eigenvalue weighted by atomic mass is 10.0. The molecular weight excluding hydrogens is 282 g/mol. The first-order valence-electron chi connectivity index (χ1n) is 6.46. The molecule has 2 N–H and O–H groups in total. The molecule has 0 aliphatic carbocycles. The fourth-order valence-corrected chi connectivity index (χ4v) is 3.59. The first kappa shape index (κ1) is 14.7. The zero-order valence-corrected chi connectivity index (χ0v) is 12.4. The lowest BCUT2D eigenvalue weighted by molar-refractivity contribution is -0.137. The van der Waals surface area contributed by atoms with E-state index in [0.29, 0.717) is 6.42 Å². The third kappa shape index (κ3) is 4.13. The van der Waals surface area contributed by atoms with Crippen LogP contribution in [0.3, 0.4) is 0 Å². The summed E-state index contributed by atoms with van der Waals surface area (Å²) >= 11 is 7.92. The van der Waals surface area contributed by atoms with Crippen LogP contribution < -0.4 is 5.32 Å². The Bertz CT molecular complexity index is 467. The van der Waals surface area contributed by atoms with Crippen molar-refractivity contribution in [1.29, 1.82) is 0 Å². The number of halogens is 1. The molecule has 0 aromatic heterocycles. The van der Waals surface area contributed by atoms with Crippen molar-refractivity contribution in [2.75, 3.05) is 5.75 Å². The van der Waals surface area contributed by atoms with Crippen molar-refractivity contribution in [2.24, 2.45) is 0 Å². The Morgan fingerprint density at radius 1 is 1.63 bits per heavy atom. The van der Waals surface area contributed by atoms with Crippen LogP contribution in [0.1, 0.15) is 37.8 Å². The maximum absolute atomic E-state index is 10.6. The van der Waals surface area contributed by atoms with Gasteiger partial charge in [-0.05, 0) is 49.3 Å². The van der Waals surface area contributed by atoms with Gasteiger partial charge < -0.3 is 10.4 Å². The van der Waals surface area contributed by atoms with Gasteiger partial charge in [0.2, 0.25) is 0 Å². The average molecular weight is 300 g/mol. The zero-order chi connectivity index (χ0) is 13.8. The minimum Gasteiger partial charge on any atom is -0.481 e. The summed E-state index contributed by atoms with van der Waals surface area (Å²) in [5.74, 6) is 0.342. The standard InChI is InChI=1S/C14H18ClNO2S/c1-9(2-5-14(17)18)16-12-6-7-19-13-4-3-10(15)8-11(12)13/h3-4,8-9,12,16H,2,5-7H2,1H3,(H,17,18). The molecule has 104 valence electrons. The summed E-state index contributed by atoms with van der Waals surface area (Å²) in [6.07, 6.45) is 1.91. The number of benzene rings is 1. The monoisotopic (exact) mass is 299 g/mol. The number of aliphatic carboxylic acids is 1. The average Bonchev–Trinajstić information content (AvgIpc) is 2.37. The fourth-order valence-electron chi connectivity index (χ4n) is 2.31. The van der Waals surface area contributed by atoms with E-state index in [0.717, 1.165) is 17.2 Å².